The van der Waals surface area contributed by atoms with E-state index in [0.29, 0.717) is 40.4 Å². The molecule has 0 aliphatic carbocycles. The van der Waals surface area contributed by atoms with Crippen LogP contribution in [-0.4, -0.2) is 33.9 Å². The minimum Gasteiger partial charge on any atom is -0.490 e. The van der Waals surface area contributed by atoms with Crippen molar-refractivity contribution in [1.82, 2.24) is 14.8 Å². The quantitative estimate of drug-likeness (QED) is 0.558. The van der Waals surface area contributed by atoms with E-state index in [4.69, 9.17) is 14.7 Å². The Balaban J connectivity index is 1.64. The van der Waals surface area contributed by atoms with Crippen LogP contribution in [-0.2, 0) is 11.3 Å². The Morgan fingerprint density at radius 3 is 2.90 bits per heavy atom. The number of ether oxygens (including phenoxy) is 2. The van der Waals surface area contributed by atoms with Crippen molar-refractivity contribution in [2.24, 2.45) is 0 Å². The summed E-state index contributed by atoms with van der Waals surface area (Å²) in [6, 6.07) is 12.7. The lowest BCUT2D eigenvalue weighted by Crippen LogP contribution is -2.20. The number of hydrogen-bond donors (Lipinski definition) is 1. The maximum Gasteiger partial charge on any atom is 0.262 e. The van der Waals surface area contributed by atoms with Crippen LogP contribution in [0.2, 0.25) is 0 Å². The Morgan fingerprint density at radius 2 is 2.17 bits per heavy atom. The van der Waals surface area contributed by atoms with Crippen molar-refractivity contribution in [3.8, 4) is 17.6 Å². The van der Waals surface area contributed by atoms with Crippen molar-refractivity contribution < 1.29 is 14.3 Å². The zero-order valence-electron chi connectivity index (χ0n) is 15.6. The predicted octanol–water partition coefficient (Wildman–Crippen LogP) is 3.38. The van der Waals surface area contributed by atoms with Gasteiger partial charge in [0.05, 0.1) is 29.3 Å². The van der Waals surface area contributed by atoms with E-state index in [-0.39, 0.29) is 12.5 Å². The fourth-order valence-electron chi connectivity index (χ4n) is 2.62. The molecule has 0 fully saturated rings. The number of hydrogen-bond acceptors (Lipinski definition) is 6. The number of benzene rings is 2. The summed E-state index contributed by atoms with van der Waals surface area (Å²) < 4.78 is 13.4. The number of amides is 1. The highest BCUT2D eigenvalue weighted by atomic mass is 79.9. The van der Waals surface area contributed by atoms with Gasteiger partial charge >= 0.3 is 0 Å². The van der Waals surface area contributed by atoms with E-state index >= 15 is 0 Å². The van der Waals surface area contributed by atoms with Gasteiger partial charge < -0.3 is 14.8 Å². The van der Waals surface area contributed by atoms with E-state index in [2.05, 4.69) is 37.4 Å². The van der Waals surface area contributed by atoms with Crippen molar-refractivity contribution in [2.45, 2.75) is 13.5 Å². The Kier molecular flexibility index (Phi) is 6.81. The van der Waals surface area contributed by atoms with E-state index in [1.165, 1.54) is 6.33 Å². The normalized spacial score (nSPS) is 10.2. The van der Waals surface area contributed by atoms with E-state index in [1.54, 1.807) is 29.2 Å². The maximum atomic E-state index is 12.3. The van der Waals surface area contributed by atoms with Crippen molar-refractivity contribution >= 4 is 27.5 Å². The second-order valence-electron chi connectivity index (χ2n) is 5.96. The van der Waals surface area contributed by atoms with Crippen molar-refractivity contribution in [2.75, 3.05) is 18.5 Å². The molecule has 1 heterocycles. The molecular weight excluding hydrogens is 438 g/mol. The number of carbonyl (C=O) groups is 1. The molecular formula is C20H18BrN5O3. The SMILES string of the molecule is CCOc1cc(C#N)cc(Br)c1OCC(=O)Nc1cccc(Cn2cncn2)c1. The molecule has 2 aromatic carbocycles. The standard InChI is InChI=1S/C20H18BrN5O3/c1-2-28-18-8-15(9-22)7-17(21)20(18)29-11-19(27)25-16-5-3-4-14(6-16)10-26-13-23-12-24-26/h3-8,12-13H,2,10-11H2,1H3,(H,25,27). The summed E-state index contributed by atoms with van der Waals surface area (Å²) in [7, 11) is 0. The zero-order valence-corrected chi connectivity index (χ0v) is 17.2. The second-order valence-corrected chi connectivity index (χ2v) is 6.81. The van der Waals surface area contributed by atoms with E-state index in [0.717, 1.165) is 5.56 Å². The Hall–Kier alpha value is -3.38. The third kappa shape index (κ3) is 5.56. The van der Waals surface area contributed by atoms with Gasteiger partial charge in [-0.25, -0.2) is 9.67 Å². The highest BCUT2D eigenvalue weighted by molar-refractivity contribution is 9.10. The maximum absolute atomic E-state index is 12.3. The number of nitriles is 1. The summed E-state index contributed by atoms with van der Waals surface area (Å²) >= 11 is 3.36. The highest BCUT2D eigenvalue weighted by Crippen LogP contribution is 2.36. The molecule has 1 N–H and O–H groups in total. The Bertz CT molecular complexity index is 1030. The van der Waals surface area contributed by atoms with Crippen LogP contribution in [0.25, 0.3) is 0 Å². The van der Waals surface area contributed by atoms with Gasteiger partial charge in [0, 0.05) is 11.8 Å². The van der Waals surface area contributed by atoms with Crippen LogP contribution in [0.15, 0.2) is 53.5 Å². The average molecular weight is 456 g/mol. The minimum absolute atomic E-state index is 0.210. The Morgan fingerprint density at radius 1 is 1.31 bits per heavy atom. The van der Waals surface area contributed by atoms with Gasteiger partial charge in [0.1, 0.15) is 12.7 Å². The van der Waals surface area contributed by atoms with Gasteiger partial charge in [0.15, 0.2) is 18.1 Å². The van der Waals surface area contributed by atoms with Gasteiger partial charge in [0.2, 0.25) is 0 Å². The van der Waals surface area contributed by atoms with Crippen molar-refractivity contribution in [3.05, 3.63) is 64.7 Å². The molecule has 3 rings (SSSR count). The molecule has 8 nitrogen and oxygen atoms in total. The molecule has 0 unspecified atom stereocenters. The van der Waals surface area contributed by atoms with Crippen LogP contribution in [0, 0.1) is 11.3 Å². The number of nitrogens with zero attached hydrogens (tertiary/aromatic N) is 4. The monoisotopic (exact) mass is 455 g/mol. The summed E-state index contributed by atoms with van der Waals surface area (Å²) in [5, 5.41) is 16.0. The molecule has 1 aromatic heterocycles. The minimum atomic E-state index is -0.318. The van der Waals surface area contributed by atoms with Gasteiger partial charge in [-0.15, -0.1) is 0 Å². The number of carbonyl (C=O) groups excluding carboxylic acids is 1. The van der Waals surface area contributed by atoms with Crippen LogP contribution >= 0.6 is 15.9 Å². The lowest BCUT2D eigenvalue weighted by molar-refractivity contribution is -0.118. The molecule has 0 atom stereocenters. The number of nitrogens with one attached hydrogen (secondary N) is 1. The predicted molar refractivity (Wildman–Crippen MR) is 110 cm³/mol. The smallest absolute Gasteiger partial charge is 0.262 e. The summed E-state index contributed by atoms with van der Waals surface area (Å²) in [5.41, 5.74) is 2.06. The molecule has 0 saturated carbocycles. The molecule has 0 aliphatic heterocycles. The molecule has 0 spiro atoms. The van der Waals surface area contributed by atoms with Crippen molar-refractivity contribution in [3.63, 3.8) is 0 Å². The first-order valence-electron chi connectivity index (χ1n) is 8.79. The first-order valence-corrected chi connectivity index (χ1v) is 9.58. The molecule has 9 heteroatoms. The molecule has 3 aromatic rings. The van der Waals surface area contributed by atoms with Crippen molar-refractivity contribution in [1.29, 1.82) is 5.26 Å². The van der Waals surface area contributed by atoms with E-state index < -0.39 is 0 Å². The molecule has 0 radical (unpaired) electrons. The Labute approximate surface area is 176 Å². The molecule has 0 saturated heterocycles. The van der Waals surface area contributed by atoms with Gasteiger partial charge in [0.25, 0.3) is 5.91 Å². The molecule has 1 amide bonds. The van der Waals surface area contributed by atoms with Crippen LogP contribution in [0.4, 0.5) is 5.69 Å². The third-order valence-corrected chi connectivity index (χ3v) is 4.40. The first-order chi connectivity index (χ1) is 14.1. The number of rotatable bonds is 8. The van der Waals surface area contributed by atoms with E-state index in [1.807, 2.05) is 25.1 Å². The first kappa shape index (κ1) is 20.4. The van der Waals surface area contributed by atoms with Crippen LogP contribution in [0.3, 0.4) is 0 Å². The zero-order chi connectivity index (χ0) is 20.6. The van der Waals surface area contributed by atoms with Crippen LogP contribution < -0.4 is 14.8 Å². The third-order valence-electron chi connectivity index (χ3n) is 3.81. The average Bonchev–Trinajstić information content (AvgIpc) is 3.20. The molecule has 0 aliphatic rings. The molecule has 29 heavy (non-hydrogen) atoms. The summed E-state index contributed by atoms with van der Waals surface area (Å²) in [4.78, 5) is 16.3. The fourth-order valence-corrected chi connectivity index (χ4v) is 3.18. The van der Waals surface area contributed by atoms with Gasteiger partial charge in [-0.05, 0) is 46.6 Å². The lowest BCUT2D eigenvalue weighted by Gasteiger charge is -2.14. The summed E-state index contributed by atoms with van der Waals surface area (Å²) in [6.45, 7) is 2.58. The van der Waals surface area contributed by atoms with Gasteiger partial charge in [-0.3, -0.25) is 4.79 Å². The second kappa shape index (κ2) is 9.71. The molecule has 0 bridgehead atoms. The number of aromatic nitrogens is 3. The fraction of sp³-hybridized carbons (Fsp3) is 0.200. The van der Waals surface area contributed by atoms with E-state index in [9.17, 15) is 4.79 Å². The number of halogens is 1. The summed E-state index contributed by atoms with van der Waals surface area (Å²) in [6.07, 6.45) is 3.10. The van der Waals surface area contributed by atoms with Crippen LogP contribution in [0.1, 0.15) is 18.1 Å². The largest absolute Gasteiger partial charge is 0.490 e. The van der Waals surface area contributed by atoms with Gasteiger partial charge in [-0.2, -0.15) is 10.4 Å². The summed E-state index contributed by atoms with van der Waals surface area (Å²) in [5.74, 6) is 0.462. The molecule has 148 valence electrons. The van der Waals surface area contributed by atoms with Crippen LogP contribution in [0.5, 0.6) is 11.5 Å². The topological polar surface area (TPSA) is 102 Å². The number of anilines is 1. The van der Waals surface area contributed by atoms with Gasteiger partial charge in [-0.1, -0.05) is 12.1 Å². The lowest BCUT2D eigenvalue weighted by atomic mass is 10.2. The highest BCUT2D eigenvalue weighted by Gasteiger charge is 2.14.